The van der Waals surface area contributed by atoms with Gasteiger partial charge < -0.3 is 0 Å². The van der Waals surface area contributed by atoms with Gasteiger partial charge in [0.15, 0.2) is 0 Å². The van der Waals surface area contributed by atoms with Crippen molar-refractivity contribution in [3.63, 3.8) is 0 Å². The van der Waals surface area contributed by atoms with E-state index in [-0.39, 0.29) is 5.69 Å². The van der Waals surface area contributed by atoms with Crippen LogP contribution in [0.4, 0.5) is 0 Å². The molecule has 1 aromatic heterocycles. The van der Waals surface area contributed by atoms with Gasteiger partial charge in [0.1, 0.15) is 5.82 Å². The number of aromatic amines is 1. The minimum absolute atomic E-state index is 0.0634. The molecule has 1 aromatic rings. The third-order valence-electron chi connectivity index (χ3n) is 4.51. The molecule has 0 radical (unpaired) electrons. The van der Waals surface area contributed by atoms with Crippen molar-refractivity contribution in [2.24, 2.45) is 0 Å². The normalized spacial score (nSPS) is 23.3. The summed E-state index contributed by atoms with van der Waals surface area (Å²) in [5.41, 5.74) is -0.0634. The van der Waals surface area contributed by atoms with Gasteiger partial charge in [0.25, 0.3) is 0 Å². The molecule has 3 rings (SSSR count). The van der Waals surface area contributed by atoms with E-state index < -0.39 is 0 Å². The summed E-state index contributed by atoms with van der Waals surface area (Å²) in [6, 6.07) is 0.732. The number of nitrogens with zero attached hydrogens (tertiary/aromatic N) is 3. The number of piperidine rings is 1. The van der Waals surface area contributed by atoms with Gasteiger partial charge in [-0.2, -0.15) is 28.6 Å². The average molecular weight is 329 g/mol. The molecule has 2 fully saturated rings. The van der Waals surface area contributed by atoms with Crippen LogP contribution in [-0.2, 0) is 6.54 Å². The Balaban J connectivity index is 1.60. The highest BCUT2D eigenvalue weighted by Crippen LogP contribution is 2.29. The maximum Gasteiger partial charge on any atom is 0.343 e. The lowest BCUT2D eigenvalue weighted by atomic mass is 9.95. The topological polar surface area (TPSA) is 53.9 Å². The molecule has 2 aliphatic rings. The van der Waals surface area contributed by atoms with Gasteiger partial charge in [-0.1, -0.05) is 0 Å². The molecule has 0 atom stereocenters. The van der Waals surface area contributed by atoms with E-state index >= 15 is 0 Å². The second-order valence-corrected chi connectivity index (χ2v) is 8.04. The zero-order chi connectivity index (χ0) is 14.7. The van der Waals surface area contributed by atoms with Crippen LogP contribution < -0.4 is 5.69 Å². The summed E-state index contributed by atoms with van der Waals surface area (Å²) in [5, 5.41) is 6.87. The van der Waals surface area contributed by atoms with Gasteiger partial charge in [0.2, 0.25) is 0 Å². The lowest BCUT2D eigenvalue weighted by molar-refractivity contribution is 0.173. The fraction of sp³-hybridized carbons (Fsp3) is 0.857. The molecule has 21 heavy (non-hydrogen) atoms. The first-order valence-corrected chi connectivity index (χ1v) is 10.1. The summed E-state index contributed by atoms with van der Waals surface area (Å²) < 4.78 is 1.79. The Labute approximate surface area is 134 Å². The third kappa shape index (κ3) is 3.51. The molecule has 0 aromatic carbocycles. The van der Waals surface area contributed by atoms with E-state index in [0.29, 0.717) is 12.5 Å². The van der Waals surface area contributed by atoms with Crippen LogP contribution in [0.1, 0.15) is 31.5 Å². The first-order valence-electron chi connectivity index (χ1n) is 7.84. The molecule has 5 nitrogen and oxygen atoms in total. The molecule has 0 spiro atoms. The molecule has 3 heterocycles. The van der Waals surface area contributed by atoms with E-state index in [1.165, 1.54) is 23.0 Å². The van der Waals surface area contributed by atoms with Gasteiger partial charge in [-0.15, -0.1) is 0 Å². The molecule has 1 N–H and O–H groups in total. The van der Waals surface area contributed by atoms with Crippen molar-refractivity contribution in [1.29, 1.82) is 0 Å². The van der Waals surface area contributed by atoms with Crippen LogP contribution in [0.2, 0.25) is 0 Å². The highest BCUT2D eigenvalue weighted by Gasteiger charge is 2.29. The standard InChI is InChI=1S/C14H24N4OS2/c1-2-18-13(15-16-14(18)19)11-3-5-17(6-4-11)12-9-20-7-8-21-10-12/h11-12H,2-10H2,1H3,(H,16,19). The molecule has 0 aliphatic carbocycles. The van der Waals surface area contributed by atoms with Gasteiger partial charge >= 0.3 is 5.69 Å². The summed E-state index contributed by atoms with van der Waals surface area (Å²) in [5.74, 6) is 6.55. The molecule has 2 aliphatic heterocycles. The van der Waals surface area contributed by atoms with Crippen molar-refractivity contribution in [3.8, 4) is 0 Å². The number of rotatable bonds is 3. The lowest BCUT2D eigenvalue weighted by Crippen LogP contribution is -2.43. The smallest absolute Gasteiger partial charge is 0.299 e. The Hall–Kier alpha value is -0.400. The Bertz CT molecular complexity index is 499. The minimum Gasteiger partial charge on any atom is -0.299 e. The molecule has 0 bridgehead atoms. The van der Waals surface area contributed by atoms with Gasteiger partial charge in [0, 0.05) is 41.5 Å². The van der Waals surface area contributed by atoms with Crippen LogP contribution in [0.15, 0.2) is 4.79 Å². The second kappa shape index (κ2) is 7.24. The zero-order valence-corrected chi connectivity index (χ0v) is 14.2. The molecule has 0 amide bonds. The van der Waals surface area contributed by atoms with Crippen molar-refractivity contribution in [2.45, 2.75) is 38.3 Å². The zero-order valence-electron chi connectivity index (χ0n) is 12.6. The van der Waals surface area contributed by atoms with Crippen LogP contribution in [0.5, 0.6) is 0 Å². The SMILES string of the molecule is CCn1c(C2CCN(C3CSCCSC3)CC2)n[nH]c1=O. The molecule has 0 unspecified atom stereocenters. The molecular formula is C14H24N4OS2. The van der Waals surface area contributed by atoms with Crippen LogP contribution in [-0.4, -0.2) is 61.8 Å². The van der Waals surface area contributed by atoms with Crippen LogP contribution in [0.3, 0.4) is 0 Å². The summed E-state index contributed by atoms with van der Waals surface area (Å²) >= 11 is 4.20. The maximum absolute atomic E-state index is 11.7. The summed E-state index contributed by atoms with van der Waals surface area (Å²) in [7, 11) is 0. The van der Waals surface area contributed by atoms with E-state index in [1.807, 2.05) is 6.92 Å². The second-order valence-electron chi connectivity index (χ2n) is 5.75. The van der Waals surface area contributed by atoms with Crippen molar-refractivity contribution >= 4 is 23.5 Å². The average Bonchev–Trinajstić information content (AvgIpc) is 2.73. The summed E-state index contributed by atoms with van der Waals surface area (Å²) in [6.45, 7) is 5.00. The van der Waals surface area contributed by atoms with Crippen LogP contribution in [0.25, 0.3) is 0 Å². The highest BCUT2D eigenvalue weighted by atomic mass is 32.2. The van der Waals surface area contributed by atoms with Gasteiger partial charge in [-0.05, 0) is 32.9 Å². The third-order valence-corrected chi connectivity index (χ3v) is 6.99. The molecule has 7 heteroatoms. The molecule has 2 saturated heterocycles. The number of H-pyrrole nitrogens is 1. The lowest BCUT2D eigenvalue weighted by Gasteiger charge is -2.36. The van der Waals surface area contributed by atoms with E-state index in [9.17, 15) is 4.79 Å². The number of likely N-dealkylation sites (tertiary alicyclic amines) is 1. The van der Waals surface area contributed by atoms with E-state index in [1.54, 1.807) is 4.57 Å². The Morgan fingerprint density at radius 2 is 1.90 bits per heavy atom. The fourth-order valence-electron chi connectivity index (χ4n) is 3.29. The number of thioether (sulfide) groups is 2. The Morgan fingerprint density at radius 1 is 1.24 bits per heavy atom. The first-order chi connectivity index (χ1) is 10.3. The predicted octanol–water partition coefficient (Wildman–Crippen LogP) is 1.62. The van der Waals surface area contributed by atoms with Crippen molar-refractivity contribution in [3.05, 3.63) is 16.3 Å². The minimum atomic E-state index is -0.0634. The number of hydrogen-bond acceptors (Lipinski definition) is 5. The molecule has 118 valence electrons. The summed E-state index contributed by atoms with van der Waals surface area (Å²) in [4.78, 5) is 14.3. The quantitative estimate of drug-likeness (QED) is 0.914. The highest BCUT2D eigenvalue weighted by molar-refractivity contribution is 8.03. The van der Waals surface area contributed by atoms with E-state index in [2.05, 4.69) is 38.6 Å². The van der Waals surface area contributed by atoms with Crippen molar-refractivity contribution in [2.75, 3.05) is 36.1 Å². The maximum atomic E-state index is 11.7. The van der Waals surface area contributed by atoms with E-state index in [4.69, 9.17) is 0 Å². The summed E-state index contributed by atoms with van der Waals surface area (Å²) in [6.07, 6.45) is 2.24. The first kappa shape index (κ1) is 15.5. The van der Waals surface area contributed by atoms with Gasteiger partial charge in [-0.25, -0.2) is 9.89 Å². The predicted molar refractivity (Wildman–Crippen MR) is 90.5 cm³/mol. The van der Waals surface area contributed by atoms with Crippen LogP contribution >= 0.6 is 23.5 Å². The van der Waals surface area contributed by atoms with Crippen LogP contribution in [0, 0.1) is 0 Å². The molecular weight excluding hydrogens is 304 g/mol. The Kier molecular flexibility index (Phi) is 5.34. The van der Waals surface area contributed by atoms with Crippen molar-refractivity contribution in [1.82, 2.24) is 19.7 Å². The van der Waals surface area contributed by atoms with Crippen molar-refractivity contribution < 1.29 is 0 Å². The number of aromatic nitrogens is 3. The molecule has 0 saturated carbocycles. The van der Waals surface area contributed by atoms with Gasteiger partial charge in [-0.3, -0.25) is 9.47 Å². The monoisotopic (exact) mass is 328 g/mol. The fourth-order valence-corrected chi connectivity index (χ4v) is 5.91. The van der Waals surface area contributed by atoms with Gasteiger partial charge in [0.05, 0.1) is 0 Å². The van der Waals surface area contributed by atoms with E-state index in [0.717, 1.165) is 37.8 Å². The largest absolute Gasteiger partial charge is 0.343 e. The Morgan fingerprint density at radius 3 is 2.52 bits per heavy atom. The number of nitrogens with one attached hydrogen (secondary N) is 1. The number of hydrogen-bond donors (Lipinski definition) is 1.